The van der Waals surface area contributed by atoms with Crippen LogP contribution in [0.3, 0.4) is 0 Å². The number of halogens is 2. The van der Waals surface area contributed by atoms with Crippen LogP contribution < -0.4 is 14.4 Å². The number of ether oxygens (including phenoxy) is 2. The third kappa shape index (κ3) is 3.56. The van der Waals surface area contributed by atoms with E-state index < -0.39 is 11.6 Å². The molecule has 9 heteroatoms. The van der Waals surface area contributed by atoms with E-state index in [-0.39, 0.29) is 18.2 Å². The number of piperazine rings is 1. The maximum atomic E-state index is 13.9. The number of nitrogens with zero attached hydrogens (tertiary/aromatic N) is 3. The lowest BCUT2D eigenvalue weighted by atomic mass is 10.2. The van der Waals surface area contributed by atoms with Gasteiger partial charge in [-0.2, -0.15) is 0 Å². The van der Waals surface area contributed by atoms with E-state index in [1.54, 1.807) is 17.1 Å². The fraction of sp³-hybridized carbons (Fsp3) is 0.238. The van der Waals surface area contributed by atoms with Crippen molar-refractivity contribution in [1.29, 1.82) is 0 Å². The Balaban J connectivity index is 1.22. The first-order chi connectivity index (χ1) is 14.6. The van der Waals surface area contributed by atoms with Crippen molar-refractivity contribution in [2.24, 2.45) is 0 Å². The van der Waals surface area contributed by atoms with E-state index in [0.717, 1.165) is 11.6 Å². The number of anilines is 1. The molecule has 0 spiro atoms. The normalized spacial score (nSPS) is 16.1. The zero-order valence-electron chi connectivity index (χ0n) is 15.8. The number of amides is 1. The molecule has 0 atom stereocenters. The fourth-order valence-corrected chi connectivity index (χ4v) is 4.55. The van der Waals surface area contributed by atoms with Gasteiger partial charge in [-0.3, -0.25) is 4.79 Å². The molecule has 30 heavy (non-hydrogen) atoms. The van der Waals surface area contributed by atoms with Crippen molar-refractivity contribution in [2.75, 3.05) is 37.9 Å². The molecule has 3 heterocycles. The van der Waals surface area contributed by atoms with Crippen LogP contribution in [0.5, 0.6) is 11.5 Å². The minimum atomic E-state index is -0.657. The summed E-state index contributed by atoms with van der Waals surface area (Å²) >= 11 is 1.25. The minimum Gasteiger partial charge on any atom is -0.454 e. The summed E-state index contributed by atoms with van der Waals surface area (Å²) in [5.41, 5.74) is 1.04. The van der Waals surface area contributed by atoms with Crippen molar-refractivity contribution < 1.29 is 23.0 Å². The predicted octanol–water partition coefficient (Wildman–Crippen LogP) is 3.67. The smallest absolute Gasteiger partial charge is 0.246 e. The number of carbonyl (C=O) groups is 1. The van der Waals surface area contributed by atoms with Gasteiger partial charge in [0.15, 0.2) is 22.4 Å². The fourth-order valence-electron chi connectivity index (χ4n) is 3.49. The molecule has 1 saturated heterocycles. The molecule has 3 aromatic rings. The number of thiazole rings is 1. The van der Waals surface area contributed by atoms with Crippen LogP contribution in [-0.2, 0) is 4.79 Å². The first kappa shape index (κ1) is 18.8. The molecule has 6 nitrogen and oxygen atoms in total. The van der Waals surface area contributed by atoms with E-state index in [1.807, 2.05) is 23.1 Å². The van der Waals surface area contributed by atoms with Crippen LogP contribution >= 0.6 is 11.3 Å². The highest BCUT2D eigenvalue weighted by molar-refractivity contribution is 7.22. The van der Waals surface area contributed by atoms with Crippen molar-refractivity contribution in [3.63, 3.8) is 0 Å². The van der Waals surface area contributed by atoms with E-state index in [2.05, 4.69) is 4.98 Å². The highest BCUT2D eigenvalue weighted by atomic mass is 32.1. The van der Waals surface area contributed by atoms with Gasteiger partial charge in [0.05, 0.1) is 4.70 Å². The number of rotatable bonds is 3. The summed E-state index contributed by atoms with van der Waals surface area (Å²) in [5, 5.41) is 0.637. The molecule has 1 aromatic heterocycles. The molecule has 0 unspecified atom stereocenters. The van der Waals surface area contributed by atoms with E-state index in [4.69, 9.17) is 9.47 Å². The van der Waals surface area contributed by atoms with Crippen molar-refractivity contribution in [1.82, 2.24) is 9.88 Å². The highest BCUT2D eigenvalue weighted by Crippen LogP contribution is 2.33. The first-order valence-corrected chi connectivity index (χ1v) is 10.3. The van der Waals surface area contributed by atoms with Gasteiger partial charge in [-0.1, -0.05) is 17.4 Å². The Kier molecular flexibility index (Phi) is 4.74. The summed E-state index contributed by atoms with van der Waals surface area (Å²) < 4.78 is 38.4. The maximum Gasteiger partial charge on any atom is 0.246 e. The van der Waals surface area contributed by atoms with Crippen molar-refractivity contribution in [3.05, 3.63) is 53.6 Å². The first-order valence-electron chi connectivity index (χ1n) is 9.44. The number of hydrogen-bond acceptors (Lipinski definition) is 6. The zero-order valence-corrected chi connectivity index (χ0v) is 16.6. The highest BCUT2D eigenvalue weighted by Gasteiger charge is 2.23. The lowest BCUT2D eigenvalue weighted by Gasteiger charge is -2.34. The minimum absolute atomic E-state index is 0.0790. The molecule has 0 saturated carbocycles. The lowest BCUT2D eigenvalue weighted by molar-refractivity contribution is -0.126. The molecule has 0 aliphatic carbocycles. The Labute approximate surface area is 174 Å². The largest absolute Gasteiger partial charge is 0.454 e. The third-order valence-electron chi connectivity index (χ3n) is 5.08. The molecular formula is C21H17F2N3O3S. The van der Waals surface area contributed by atoms with Gasteiger partial charge in [-0.15, -0.1) is 0 Å². The summed E-state index contributed by atoms with van der Waals surface area (Å²) in [6.07, 6.45) is 3.30. The van der Waals surface area contributed by atoms with E-state index in [9.17, 15) is 13.6 Å². The van der Waals surface area contributed by atoms with Crippen molar-refractivity contribution in [2.45, 2.75) is 0 Å². The van der Waals surface area contributed by atoms with Gasteiger partial charge in [0, 0.05) is 38.3 Å². The summed E-state index contributed by atoms with van der Waals surface area (Å²) in [6, 6.07) is 7.65. The summed E-state index contributed by atoms with van der Waals surface area (Å²) in [6.45, 7) is 2.41. The summed E-state index contributed by atoms with van der Waals surface area (Å²) in [4.78, 5) is 20.6. The quantitative estimate of drug-likeness (QED) is 0.595. The maximum absolute atomic E-state index is 13.9. The topological polar surface area (TPSA) is 54.9 Å². The number of aromatic nitrogens is 1. The number of carbonyl (C=O) groups excluding carboxylic acids is 1. The van der Waals surface area contributed by atoms with Crippen LogP contribution in [0.4, 0.5) is 13.9 Å². The molecule has 1 fully saturated rings. The Hall–Kier alpha value is -3.20. The second-order valence-corrected chi connectivity index (χ2v) is 8.00. The second kappa shape index (κ2) is 7.56. The molecule has 0 bridgehead atoms. The number of fused-ring (bicyclic) bond motifs is 2. The SMILES string of the molecule is O=C(/C=C\c1ccc2c(c1)OCO2)N1CCN(c2nc3c(F)cc(F)cc3s2)CC1. The van der Waals surface area contributed by atoms with Gasteiger partial charge in [-0.25, -0.2) is 13.8 Å². The zero-order chi connectivity index (χ0) is 20.7. The Morgan fingerprint density at radius 1 is 1.07 bits per heavy atom. The number of benzene rings is 2. The standard InChI is InChI=1S/C21H17F2N3O3S/c22-14-10-15(23)20-18(11-14)30-21(24-20)26-7-5-25(6-8-26)19(27)4-2-13-1-3-16-17(9-13)29-12-28-16/h1-4,9-11H,5-8,12H2/b4-2-. The van der Waals surface area contributed by atoms with Gasteiger partial charge >= 0.3 is 0 Å². The molecule has 5 rings (SSSR count). The monoisotopic (exact) mass is 429 g/mol. The van der Waals surface area contributed by atoms with Crippen LogP contribution in [0.2, 0.25) is 0 Å². The molecule has 154 valence electrons. The summed E-state index contributed by atoms with van der Waals surface area (Å²) in [5.74, 6) is 0.0250. The van der Waals surface area contributed by atoms with E-state index in [0.29, 0.717) is 47.5 Å². The average Bonchev–Trinajstić information content (AvgIpc) is 3.38. The van der Waals surface area contributed by atoms with Crippen molar-refractivity contribution in [3.8, 4) is 11.5 Å². The second-order valence-electron chi connectivity index (χ2n) is 6.99. The van der Waals surface area contributed by atoms with Gasteiger partial charge in [0.25, 0.3) is 0 Å². The third-order valence-corrected chi connectivity index (χ3v) is 6.14. The lowest BCUT2D eigenvalue weighted by Crippen LogP contribution is -2.48. The Bertz CT molecular complexity index is 1160. The van der Waals surface area contributed by atoms with Crippen molar-refractivity contribution >= 4 is 38.7 Å². The van der Waals surface area contributed by atoms with Gasteiger partial charge in [-0.05, 0) is 29.8 Å². The van der Waals surface area contributed by atoms with Crippen LogP contribution in [-0.4, -0.2) is 48.8 Å². The van der Waals surface area contributed by atoms with Crippen LogP contribution in [0.15, 0.2) is 36.4 Å². The molecule has 2 aliphatic rings. The van der Waals surface area contributed by atoms with E-state index in [1.165, 1.54) is 17.4 Å². The van der Waals surface area contributed by atoms with Gasteiger partial charge in [0.1, 0.15) is 11.3 Å². The van der Waals surface area contributed by atoms with Crippen LogP contribution in [0, 0.1) is 11.6 Å². The molecule has 0 N–H and O–H groups in total. The Morgan fingerprint density at radius 3 is 2.70 bits per heavy atom. The molecule has 0 radical (unpaired) electrons. The molecule has 2 aromatic carbocycles. The summed E-state index contributed by atoms with van der Waals surface area (Å²) in [7, 11) is 0. The molecule has 1 amide bonds. The molecule has 2 aliphatic heterocycles. The average molecular weight is 429 g/mol. The molecular weight excluding hydrogens is 412 g/mol. The van der Waals surface area contributed by atoms with Crippen LogP contribution in [0.25, 0.3) is 16.3 Å². The van der Waals surface area contributed by atoms with Gasteiger partial charge in [0.2, 0.25) is 12.7 Å². The number of hydrogen-bond donors (Lipinski definition) is 0. The van der Waals surface area contributed by atoms with E-state index >= 15 is 0 Å². The van der Waals surface area contributed by atoms with Gasteiger partial charge < -0.3 is 19.3 Å². The van der Waals surface area contributed by atoms with Crippen LogP contribution in [0.1, 0.15) is 5.56 Å². The Morgan fingerprint density at radius 2 is 1.87 bits per heavy atom. The predicted molar refractivity (Wildman–Crippen MR) is 110 cm³/mol.